The monoisotopic (exact) mass is 352 g/mol. The number of ether oxygens (including phenoxy) is 1. The van der Waals surface area contributed by atoms with Crippen LogP contribution in [0.1, 0.15) is 45.6 Å². The average molecular weight is 353 g/mol. The molecule has 0 saturated heterocycles. The Balaban J connectivity index is 0.00000208. The van der Waals surface area contributed by atoms with Crippen molar-refractivity contribution in [1.82, 2.24) is 0 Å². The number of fused-ring (bicyclic) bond motifs is 3. The number of rotatable bonds is 6. The predicted molar refractivity (Wildman–Crippen MR) is 101 cm³/mol. The minimum atomic E-state index is -0.945. The molecule has 0 spiro atoms. The van der Waals surface area contributed by atoms with Crippen molar-refractivity contribution in [2.45, 2.75) is 45.6 Å². The molecular formula is C19H29ClN2O2. The van der Waals surface area contributed by atoms with Gasteiger partial charge in [-0.1, -0.05) is 32.0 Å². The second kappa shape index (κ2) is 7.42. The SMILES string of the molecule is CCOCCCCC1(O)C2=NCC(C)(C)CN2c2ccccc21.Cl. The van der Waals surface area contributed by atoms with Gasteiger partial charge in [-0.2, -0.15) is 0 Å². The first-order valence-corrected chi connectivity index (χ1v) is 8.70. The number of benzene rings is 1. The highest BCUT2D eigenvalue weighted by molar-refractivity contribution is 6.10. The Labute approximate surface area is 151 Å². The topological polar surface area (TPSA) is 45.1 Å². The first-order valence-electron chi connectivity index (χ1n) is 8.70. The zero-order valence-corrected chi connectivity index (χ0v) is 15.7. The molecule has 4 nitrogen and oxygen atoms in total. The van der Waals surface area contributed by atoms with Gasteiger partial charge in [-0.25, -0.2) is 0 Å². The highest BCUT2D eigenvalue weighted by Crippen LogP contribution is 2.46. The van der Waals surface area contributed by atoms with Crippen LogP contribution in [-0.2, 0) is 10.3 Å². The molecule has 1 N–H and O–H groups in total. The summed E-state index contributed by atoms with van der Waals surface area (Å²) in [5.41, 5.74) is 1.31. The molecule has 0 fully saturated rings. The lowest BCUT2D eigenvalue weighted by molar-refractivity contribution is 0.0915. The van der Waals surface area contributed by atoms with E-state index in [0.29, 0.717) is 6.42 Å². The van der Waals surface area contributed by atoms with E-state index >= 15 is 0 Å². The number of para-hydroxylation sites is 1. The fourth-order valence-electron chi connectivity index (χ4n) is 3.64. The molecule has 0 bridgehead atoms. The largest absolute Gasteiger partial charge is 0.382 e. The summed E-state index contributed by atoms with van der Waals surface area (Å²) in [6, 6.07) is 8.20. The highest BCUT2D eigenvalue weighted by Gasteiger charge is 2.49. The van der Waals surface area contributed by atoms with Crippen LogP contribution in [0.15, 0.2) is 29.3 Å². The number of unbranched alkanes of at least 4 members (excludes halogenated alkanes) is 1. The fraction of sp³-hybridized carbons (Fsp3) is 0.632. The van der Waals surface area contributed by atoms with Gasteiger partial charge >= 0.3 is 0 Å². The van der Waals surface area contributed by atoms with Gasteiger partial charge in [0, 0.05) is 43.0 Å². The van der Waals surface area contributed by atoms with Crippen LogP contribution in [0.3, 0.4) is 0 Å². The van der Waals surface area contributed by atoms with Crippen LogP contribution in [0.2, 0.25) is 0 Å². The van der Waals surface area contributed by atoms with Gasteiger partial charge < -0.3 is 14.7 Å². The highest BCUT2D eigenvalue weighted by atomic mass is 35.5. The Bertz CT molecular complexity index is 603. The summed E-state index contributed by atoms with van der Waals surface area (Å²) in [7, 11) is 0. The number of halogens is 1. The second-order valence-electron chi connectivity index (χ2n) is 7.42. The third-order valence-corrected chi connectivity index (χ3v) is 4.79. The lowest BCUT2D eigenvalue weighted by Crippen LogP contribution is -2.48. The summed E-state index contributed by atoms with van der Waals surface area (Å²) in [4.78, 5) is 7.01. The number of amidine groups is 1. The van der Waals surface area contributed by atoms with E-state index in [1.54, 1.807) is 0 Å². The molecule has 3 rings (SSSR count). The van der Waals surface area contributed by atoms with Crippen LogP contribution in [0, 0.1) is 5.41 Å². The van der Waals surface area contributed by atoms with Gasteiger partial charge in [-0.05, 0) is 32.3 Å². The molecule has 1 unspecified atom stereocenters. The van der Waals surface area contributed by atoms with Gasteiger partial charge in [-0.15, -0.1) is 12.4 Å². The Morgan fingerprint density at radius 1 is 1.25 bits per heavy atom. The van der Waals surface area contributed by atoms with Gasteiger partial charge in [0.1, 0.15) is 11.4 Å². The quantitative estimate of drug-likeness (QED) is 0.793. The van der Waals surface area contributed by atoms with Crippen LogP contribution in [-0.4, -0.2) is 37.2 Å². The molecule has 2 aliphatic rings. The fourth-order valence-corrected chi connectivity index (χ4v) is 3.64. The van der Waals surface area contributed by atoms with Crippen LogP contribution in [0.5, 0.6) is 0 Å². The summed E-state index contributed by atoms with van der Waals surface area (Å²) in [5, 5.41) is 11.5. The third-order valence-electron chi connectivity index (χ3n) is 4.79. The predicted octanol–water partition coefficient (Wildman–Crippen LogP) is 3.76. The molecule has 5 heteroatoms. The molecule has 0 saturated carbocycles. The lowest BCUT2D eigenvalue weighted by atomic mass is 9.87. The Morgan fingerprint density at radius 2 is 2.00 bits per heavy atom. The number of hydrogen-bond acceptors (Lipinski definition) is 4. The summed E-state index contributed by atoms with van der Waals surface area (Å²) >= 11 is 0. The number of aliphatic hydroxyl groups is 1. The summed E-state index contributed by atoms with van der Waals surface area (Å²) in [5.74, 6) is 0.842. The smallest absolute Gasteiger partial charge is 0.149 e. The normalized spacial score (nSPS) is 24.0. The molecule has 134 valence electrons. The average Bonchev–Trinajstić information content (AvgIpc) is 2.76. The van der Waals surface area contributed by atoms with Gasteiger partial charge in [0.25, 0.3) is 0 Å². The van der Waals surface area contributed by atoms with E-state index in [1.807, 2.05) is 25.1 Å². The summed E-state index contributed by atoms with van der Waals surface area (Å²) in [6.07, 6.45) is 2.60. The van der Waals surface area contributed by atoms with Crippen molar-refractivity contribution in [3.05, 3.63) is 29.8 Å². The van der Waals surface area contributed by atoms with Crippen molar-refractivity contribution in [3.63, 3.8) is 0 Å². The van der Waals surface area contributed by atoms with Crippen LogP contribution >= 0.6 is 12.4 Å². The number of nitrogens with zero attached hydrogens (tertiary/aromatic N) is 2. The van der Waals surface area contributed by atoms with E-state index in [0.717, 1.165) is 56.2 Å². The molecule has 0 aliphatic carbocycles. The summed E-state index contributed by atoms with van der Waals surface area (Å²) < 4.78 is 5.41. The van der Waals surface area contributed by atoms with Gasteiger partial charge in [-0.3, -0.25) is 4.99 Å². The van der Waals surface area contributed by atoms with Crippen molar-refractivity contribution in [2.24, 2.45) is 10.4 Å². The summed E-state index contributed by atoms with van der Waals surface area (Å²) in [6.45, 7) is 9.67. The van der Waals surface area contributed by atoms with Crippen molar-refractivity contribution >= 4 is 23.9 Å². The molecule has 24 heavy (non-hydrogen) atoms. The second-order valence-corrected chi connectivity index (χ2v) is 7.42. The van der Waals surface area contributed by atoms with E-state index in [1.165, 1.54) is 0 Å². The van der Waals surface area contributed by atoms with Crippen molar-refractivity contribution in [3.8, 4) is 0 Å². The zero-order valence-electron chi connectivity index (χ0n) is 14.9. The molecule has 0 aromatic heterocycles. The molecule has 1 aromatic rings. The Morgan fingerprint density at radius 3 is 2.75 bits per heavy atom. The number of anilines is 1. The maximum Gasteiger partial charge on any atom is 0.149 e. The number of aliphatic imine (C=N–C) groups is 1. The van der Waals surface area contributed by atoms with Crippen molar-refractivity contribution < 1.29 is 9.84 Å². The van der Waals surface area contributed by atoms with Crippen molar-refractivity contribution in [2.75, 3.05) is 31.2 Å². The number of hydrogen-bond donors (Lipinski definition) is 1. The van der Waals surface area contributed by atoms with E-state index in [9.17, 15) is 5.11 Å². The minimum absolute atomic E-state index is 0. The zero-order chi connectivity index (χ0) is 16.5. The van der Waals surface area contributed by atoms with Gasteiger partial charge in [0.2, 0.25) is 0 Å². The van der Waals surface area contributed by atoms with E-state index < -0.39 is 5.60 Å². The molecule has 0 amide bonds. The van der Waals surface area contributed by atoms with E-state index in [-0.39, 0.29) is 17.8 Å². The van der Waals surface area contributed by atoms with Crippen LogP contribution < -0.4 is 4.90 Å². The van der Waals surface area contributed by atoms with Gasteiger partial charge in [0.05, 0.1) is 0 Å². The maximum absolute atomic E-state index is 11.5. The molecule has 0 radical (unpaired) electrons. The molecule has 2 aliphatic heterocycles. The Hall–Kier alpha value is -1.10. The molecule has 1 aromatic carbocycles. The van der Waals surface area contributed by atoms with E-state index in [4.69, 9.17) is 9.73 Å². The van der Waals surface area contributed by atoms with E-state index in [2.05, 4.69) is 24.8 Å². The Kier molecular flexibility index (Phi) is 5.95. The van der Waals surface area contributed by atoms with Crippen molar-refractivity contribution in [1.29, 1.82) is 0 Å². The third kappa shape index (κ3) is 3.46. The maximum atomic E-state index is 11.5. The minimum Gasteiger partial charge on any atom is -0.382 e. The van der Waals surface area contributed by atoms with Gasteiger partial charge in [0.15, 0.2) is 0 Å². The first kappa shape index (κ1) is 19.2. The van der Waals surface area contributed by atoms with Crippen LogP contribution in [0.25, 0.3) is 0 Å². The molecule has 2 heterocycles. The lowest BCUT2D eigenvalue weighted by Gasteiger charge is -2.37. The first-order chi connectivity index (χ1) is 11.0. The van der Waals surface area contributed by atoms with Crippen LogP contribution in [0.4, 0.5) is 5.69 Å². The molecular weight excluding hydrogens is 324 g/mol. The standard InChI is InChI=1S/C19H28N2O2.ClH/c1-4-23-12-8-7-11-19(22)15-9-5-6-10-16(15)21-14-18(2,3)13-20-17(19)21;/h5-6,9-10,22H,4,7-8,11-14H2,1-3H3;1H. The molecule has 1 atom stereocenters.